The summed E-state index contributed by atoms with van der Waals surface area (Å²) in [6.07, 6.45) is 0. The smallest absolute Gasteiger partial charge is 0.338 e. The van der Waals surface area contributed by atoms with Crippen LogP contribution in [-0.4, -0.2) is 44.6 Å². The second-order valence-corrected chi connectivity index (χ2v) is 6.21. The number of anilines is 1. The van der Waals surface area contributed by atoms with Gasteiger partial charge in [0.2, 0.25) is 0 Å². The molecule has 8 heteroatoms. The van der Waals surface area contributed by atoms with Gasteiger partial charge in [-0.15, -0.1) is 0 Å². The van der Waals surface area contributed by atoms with Gasteiger partial charge in [0.1, 0.15) is 11.5 Å². The number of nitrogens with one attached hydrogen (secondary N) is 1. The molecular weight excluding hydrogens is 378 g/mol. The van der Waals surface area contributed by atoms with Crippen LogP contribution in [0.5, 0.6) is 11.5 Å². The maximum atomic E-state index is 12.4. The molecule has 1 aliphatic rings. The van der Waals surface area contributed by atoms with Crippen molar-refractivity contribution in [3.05, 3.63) is 53.1 Å². The van der Waals surface area contributed by atoms with E-state index >= 15 is 0 Å². The third-order valence-electron chi connectivity index (χ3n) is 4.25. The summed E-state index contributed by atoms with van der Waals surface area (Å²) in [5.41, 5.74) is 1.71. The van der Waals surface area contributed by atoms with Gasteiger partial charge in [0.25, 0.3) is 5.91 Å². The monoisotopic (exact) mass is 399 g/mol. The fourth-order valence-electron chi connectivity index (χ4n) is 2.78. The van der Waals surface area contributed by atoms with E-state index in [1.54, 1.807) is 30.3 Å². The molecule has 0 atom stereocenters. The molecule has 0 saturated carbocycles. The van der Waals surface area contributed by atoms with Crippen molar-refractivity contribution >= 4 is 23.3 Å². The zero-order valence-electron chi connectivity index (χ0n) is 16.2. The molecule has 0 radical (unpaired) electrons. The molecule has 0 spiro atoms. The van der Waals surface area contributed by atoms with E-state index < -0.39 is 18.4 Å². The molecule has 152 valence electrons. The van der Waals surface area contributed by atoms with Crippen molar-refractivity contribution in [3.63, 3.8) is 0 Å². The molecule has 0 saturated heterocycles. The van der Waals surface area contributed by atoms with Crippen LogP contribution in [0.4, 0.5) is 5.69 Å². The lowest BCUT2D eigenvalue weighted by atomic mass is 10.1. The van der Waals surface area contributed by atoms with Crippen LogP contribution in [0.25, 0.3) is 0 Å². The van der Waals surface area contributed by atoms with Crippen molar-refractivity contribution in [2.24, 2.45) is 0 Å². The zero-order chi connectivity index (χ0) is 20.8. The molecule has 0 bridgehead atoms. The number of carbonyl (C=O) groups excluding carboxylic acids is 3. The van der Waals surface area contributed by atoms with Crippen molar-refractivity contribution in [1.29, 1.82) is 0 Å². The number of fused-ring (bicyclic) bond motifs is 1. The minimum atomic E-state index is -0.631. The van der Waals surface area contributed by atoms with Gasteiger partial charge in [0, 0.05) is 17.7 Å². The maximum Gasteiger partial charge on any atom is 0.338 e. The van der Waals surface area contributed by atoms with Crippen LogP contribution in [0.2, 0.25) is 0 Å². The number of hydrogen-bond acceptors (Lipinski definition) is 7. The summed E-state index contributed by atoms with van der Waals surface area (Å²) < 4.78 is 21.0. The Morgan fingerprint density at radius 1 is 1.14 bits per heavy atom. The minimum absolute atomic E-state index is 0.0644. The summed E-state index contributed by atoms with van der Waals surface area (Å²) >= 11 is 0. The molecule has 0 unspecified atom stereocenters. The molecule has 0 aliphatic carbocycles. The lowest BCUT2D eigenvalue weighted by molar-refractivity contribution is -0.118. The highest BCUT2D eigenvalue weighted by molar-refractivity contribution is 6.02. The number of ether oxygens (including phenoxy) is 4. The predicted octanol–water partition coefficient (Wildman–Crippen LogP) is 2.60. The second-order valence-electron chi connectivity index (χ2n) is 6.21. The Morgan fingerprint density at radius 3 is 2.69 bits per heavy atom. The Morgan fingerprint density at radius 2 is 1.93 bits per heavy atom. The number of hydrogen-bond donors (Lipinski definition) is 1. The van der Waals surface area contributed by atoms with Gasteiger partial charge in [-0.25, -0.2) is 4.79 Å². The highest BCUT2D eigenvalue weighted by atomic mass is 16.5. The van der Waals surface area contributed by atoms with Crippen molar-refractivity contribution in [2.45, 2.75) is 13.5 Å². The van der Waals surface area contributed by atoms with Gasteiger partial charge in [0.05, 0.1) is 25.0 Å². The summed E-state index contributed by atoms with van der Waals surface area (Å²) in [6.45, 7) is 2.19. The minimum Gasteiger partial charge on any atom is -0.496 e. The molecule has 1 heterocycles. The zero-order valence-corrected chi connectivity index (χ0v) is 16.2. The first kappa shape index (κ1) is 20.3. The Labute approximate surface area is 167 Å². The number of Topliss-reactive ketones (excluding diaryl/α,β-unsaturated/α-hetero) is 1. The van der Waals surface area contributed by atoms with E-state index in [9.17, 15) is 14.4 Å². The fraction of sp³-hybridized carbons (Fsp3) is 0.286. The number of ketones is 1. The van der Waals surface area contributed by atoms with E-state index in [-0.39, 0.29) is 12.5 Å². The Hall–Kier alpha value is -3.39. The Balaban J connectivity index is 1.65. The van der Waals surface area contributed by atoms with Crippen molar-refractivity contribution < 1.29 is 33.3 Å². The van der Waals surface area contributed by atoms with E-state index in [4.69, 9.17) is 18.9 Å². The largest absolute Gasteiger partial charge is 0.496 e. The number of rotatable bonds is 8. The molecule has 2 aromatic carbocycles. The first-order valence-corrected chi connectivity index (χ1v) is 9.03. The lowest BCUT2D eigenvalue weighted by Crippen LogP contribution is -2.25. The van der Waals surface area contributed by atoms with Crippen LogP contribution in [0.3, 0.4) is 0 Å². The number of amides is 1. The SMILES string of the molecule is CCOCc1cc(C(=O)OCC(=O)c2ccc3c(c2)NC(=O)CO3)ccc1OC. The highest BCUT2D eigenvalue weighted by Gasteiger charge is 2.19. The molecule has 1 N–H and O–H groups in total. The van der Waals surface area contributed by atoms with Gasteiger partial charge in [-0.2, -0.15) is 0 Å². The van der Waals surface area contributed by atoms with E-state index in [0.29, 0.717) is 47.1 Å². The maximum absolute atomic E-state index is 12.4. The normalized spacial score (nSPS) is 12.4. The van der Waals surface area contributed by atoms with Crippen LogP contribution < -0.4 is 14.8 Å². The van der Waals surface area contributed by atoms with Crippen LogP contribution in [0, 0.1) is 0 Å². The van der Waals surface area contributed by atoms with Crippen LogP contribution in [0.15, 0.2) is 36.4 Å². The molecule has 1 amide bonds. The van der Waals surface area contributed by atoms with Crippen LogP contribution in [0.1, 0.15) is 33.2 Å². The summed E-state index contributed by atoms with van der Waals surface area (Å²) in [4.78, 5) is 36.1. The van der Waals surface area contributed by atoms with E-state index in [2.05, 4.69) is 5.32 Å². The quantitative estimate of drug-likeness (QED) is 0.538. The molecule has 3 rings (SSSR count). The van der Waals surface area contributed by atoms with Crippen molar-refractivity contribution in [1.82, 2.24) is 0 Å². The number of esters is 1. The lowest BCUT2D eigenvalue weighted by Gasteiger charge is -2.18. The predicted molar refractivity (Wildman–Crippen MR) is 104 cm³/mol. The Bertz CT molecular complexity index is 939. The van der Waals surface area contributed by atoms with E-state index in [1.807, 2.05) is 6.92 Å². The summed E-state index contributed by atoms with van der Waals surface area (Å²) in [6, 6.07) is 9.47. The van der Waals surface area contributed by atoms with Crippen LogP contribution >= 0.6 is 0 Å². The molecule has 0 aromatic heterocycles. The van der Waals surface area contributed by atoms with Gasteiger partial charge in [-0.05, 0) is 43.3 Å². The molecule has 29 heavy (non-hydrogen) atoms. The first-order valence-electron chi connectivity index (χ1n) is 9.03. The van der Waals surface area contributed by atoms with Gasteiger partial charge in [0.15, 0.2) is 19.0 Å². The molecule has 8 nitrogen and oxygen atoms in total. The van der Waals surface area contributed by atoms with E-state index in [0.717, 1.165) is 0 Å². The molecule has 1 aliphatic heterocycles. The average Bonchev–Trinajstić information content (AvgIpc) is 2.74. The fourth-order valence-corrected chi connectivity index (χ4v) is 2.78. The summed E-state index contributed by atoms with van der Waals surface area (Å²) in [5, 5.41) is 2.63. The Kier molecular flexibility index (Phi) is 6.46. The topological polar surface area (TPSA) is 100 Å². The summed E-state index contributed by atoms with van der Waals surface area (Å²) in [7, 11) is 1.54. The third-order valence-corrected chi connectivity index (χ3v) is 4.25. The van der Waals surface area contributed by atoms with E-state index in [1.165, 1.54) is 13.2 Å². The van der Waals surface area contributed by atoms with Crippen molar-refractivity contribution in [2.75, 3.05) is 32.2 Å². The van der Waals surface area contributed by atoms with Crippen LogP contribution in [-0.2, 0) is 20.9 Å². The second kappa shape index (κ2) is 9.20. The molecule has 0 fully saturated rings. The average molecular weight is 399 g/mol. The third kappa shape index (κ3) is 4.91. The number of carbonyl (C=O) groups is 3. The van der Waals surface area contributed by atoms with Crippen molar-refractivity contribution in [3.8, 4) is 11.5 Å². The standard InChI is InChI=1S/C21H21NO7/c1-3-27-10-15-8-14(5-6-18(15)26-2)21(25)29-11-17(23)13-4-7-19-16(9-13)22-20(24)12-28-19/h4-9H,3,10-12H2,1-2H3,(H,22,24). The number of methoxy groups -OCH3 is 1. The first-order chi connectivity index (χ1) is 14.0. The molecular formula is C21H21NO7. The van der Waals surface area contributed by atoms with Gasteiger partial charge < -0.3 is 24.3 Å². The number of benzene rings is 2. The highest BCUT2D eigenvalue weighted by Crippen LogP contribution is 2.28. The van der Waals surface area contributed by atoms with Gasteiger partial charge >= 0.3 is 5.97 Å². The summed E-state index contributed by atoms with van der Waals surface area (Å²) in [5.74, 6) is -0.240. The molecule has 2 aromatic rings. The van der Waals surface area contributed by atoms with Gasteiger partial charge in [-0.1, -0.05) is 0 Å². The van der Waals surface area contributed by atoms with Gasteiger partial charge in [-0.3, -0.25) is 9.59 Å².